The largest absolute Gasteiger partial charge is 0.497 e. The molecule has 2 aromatic carbocycles. The van der Waals surface area contributed by atoms with E-state index in [9.17, 15) is 9.59 Å². The fourth-order valence-electron chi connectivity index (χ4n) is 2.18. The zero-order valence-electron chi connectivity index (χ0n) is 13.9. The Bertz CT molecular complexity index is 695. The molecule has 2 aromatic rings. The molecule has 0 saturated carbocycles. The fraction of sp³-hybridized carbons (Fsp3) is 0.263. The summed E-state index contributed by atoms with van der Waals surface area (Å²) in [5.74, 6) is -0.0145. The van der Waals surface area contributed by atoms with Crippen molar-refractivity contribution in [3.63, 3.8) is 0 Å². The van der Waals surface area contributed by atoms with Gasteiger partial charge in [-0.15, -0.1) is 0 Å². The van der Waals surface area contributed by atoms with E-state index in [0.29, 0.717) is 18.5 Å². The summed E-state index contributed by atoms with van der Waals surface area (Å²) < 4.78 is 10.1. The average molecular weight is 327 g/mol. The highest BCUT2D eigenvalue weighted by Gasteiger charge is 2.09. The van der Waals surface area contributed by atoms with Gasteiger partial charge in [-0.2, -0.15) is 0 Å². The highest BCUT2D eigenvalue weighted by atomic mass is 16.5. The van der Waals surface area contributed by atoms with Crippen LogP contribution in [-0.4, -0.2) is 32.1 Å². The van der Waals surface area contributed by atoms with Crippen LogP contribution in [-0.2, 0) is 16.0 Å². The average Bonchev–Trinajstić information content (AvgIpc) is 2.60. The Labute approximate surface area is 141 Å². The maximum absolute atomic E-state index is 11.8. The molecule has 0 spiro atoms. The third kappa shape index (κ3) is 5.43. The molecule has 1 N–H and O–H groups in total. The van der Waals surface area contributed by atoms with Crippen molar-refractivity contribution in [3.8, 4) is 5.75 Å². The van der Waals surface area contributed by atoms with Gasteiger partial charge in [-0.25, -0.2) is 4.79 Å². The quantitative estimate of drug-likeness (QED) is 0.794. The molecule has 0 aliphatic rings. The summed E-state index contributed by atoms with van der Waals surface area (Å²) in [6, 6.07) is 14.7. The molecule has 0 aromatic heterocycles. The van der Waals surface area contributed by atoms with Crippen LogP contribution in [0.5, 0.6) is 5.75 Å². The van der Waals surface area contributed by atoms with Gasteiger partial charge in [0, 0.05) is 6.54 Å². The molecule has 1 amide bonds. The summed E-state index contributed by atoms with van der Waals surface area (Å²) in [7, 11) is 1.62. The SMILES string of the molecule is COc1ccc(CCNC(=O)COC(=O)c2cccc(C)c2)cc1. The number of hydrogen-bond acceptors (Lipinski definition) is 4. The Hall–Kier alpha value is -2.82. The van der Waals surface area contributed by atoms with Crippen LogP contribution in [0.4, 0.5) is 0 Å². The molecule has 0 bridgehead atoms. The van der Waals surface area contributed by atoms with Crippen molar-refractivity contribution in [2.75, 3.05) is 20.3 Å². The molecule has 0 atom stereocenters. The van der Waals surface area contributed by atoms with Gasteiger partial charge >= 0.3 is 5.97 Å². The Kier molecular flexibility index (Phi) is 6.37. The summed E-state index contributed by atoms with van der Waals surface area (Å²) in [5, 5.41) is 2.73. The van der Waals surface area contributed by atoms with Crippen molar-refractivity contribution >= 4 is 11.9 Å². The number of esters is 1. The summed E-state index contributed by atoms with van der Waals surface area (Å²) in [5.41, 5.74) is 2.50. The van der Waals surface area contributed by atoms with Gasteiger partial charge in [0.2, 0.25) is 0 Å². The molecule has 2 rings (SSSR count). The molecular weight excluding hydrogens is 306 g/mol. The number of carbonyl (C=O) groups excluding carboxylic acids is 2. The van der Waals surface area contributed by atoms with Gasteiger partial charge in [0.1, 0.15) is 5.75 Å². The number of methoxy groups -OCH3 is 1. The van der Waals surface area contributed by atoms with E-state index in [1.165, 1.54) is 0 Å². The predicted octanol–water partition coefficient (Wildman–Crippen LogP) is 2.52. The van der Waals surface area contributed by atoms with Crippen molar-refractivity contribution in [1.29, 1.82) is 0 Å². The van der Waals surface area contributed by atoms with Crippen LogP contribution in [0, 0.1) is 6.92 Å². The summed E-state index contributed by atoms with van der Waals surface area (Å²) in [6.07, 6.45) is 0.696. The first-order valence-corrected chi connectivity index (χ1v) is 7.72. The second-order valence-corrected chi connectivity index (χ2v) is 5.39. The van der Waals surface area contributed by atoms with Gasteiger partial charge in [0.15, 0.2) is 6.61 Å². The number of amides is 1. The van der Waals surface area contributed by atoms with Crippen molar-refractivity contribution < 1.29 is 19.1 Å². The maximum Gasteiger partial charge on any atom is 0.338 e. The monoisotopic (exact) mass is 327 g/mol. The maximum atomic E-state index is 11.8. The molecule has 126 valence electrons. The van der Waals surface area contributed by atoms with Gasteiger partial charge in [-0.05, 0) is 43.2 Å². The van der Waals surface area contributed by atoms with Gasteiger partial charge < -0.3 is 14.8 Å². The standard InChI is InChI=1S/C19H21NO4/c1-14-4-3-5-16(12-14)19(22)24-13-18(21)20-11-10-15-6-8-17(23-2)9-7-15/h3-9,12H,10-11,13H2,1-2H3,(H,20,21). The van der Waals surface area contributed by atoms with Crippen LogP contribution >= 0.6 is 0 Å². The summed E-state index contributed by atoms with van der Waals surface area (Å²) >= 11 is 0. The molecule has 5 heteroatoms. The first-order valence-electron chi connectivity index (χ1n) is 7.72. The number of nitrogens with one attached hydrogen (secondary N) is 1. The zero-order chi connectivity index (χ0) is 17.4. The minimum absolute atomic E-state index is 0.282. The highest BCUT2D eigenvalue weighted by Crippen LogP contribution is 2.11. The van der Waals surface area contributed by atoms with Gasteiger partial charge in [0.05, 0.1) is 12.7 Å². The number of benzene rings is 2. The van der Waals surface area contributed by atoms with Crippen molar-refractivity contribution in [3.05, 3.63) is 65.2 Å². The van der Waals surface area contributed by atoms with E-state index in [2.05, 4.69) is 5.32 Å². The lowest BCUT2D eigenvalue weighted by Gasteiger charge is -2.07. The zero-order valence-corrected chi connectivity index (χ0v) is 13.9. The third-order valence-corrected chi connectivity index (χ3v) is 3.48. The van der Waals surface area contributed by atoms with Crippen LogP contribution in [0.25, 0.3) is 0 Å². The highest BCUT2D eigenvalue weighted by molar-refractivity contribution is 5.91. The van der Waals surface area contributed by atoms with E-state index >= 15 is 0 Å². The Morgan fingerprint density at radius 1 is 1.08 bits per heavy atom. The first kappa shape index (κ1) is 17.5. The molecule has 5 nitrogen and oxygen atoms in total. The topological polar surface area (TPSA) is 64.6 Å². The molecule has 0 saturated heterocycles. The van der Waals surface area contributed by atoms with Crippen molar-refractivity contribution in [2.24, 2.45) is 0 Å². The molecule has 24 heavy (non-hydrogen) atoms. The lowest BCUT2D eigenvalue weighted by atomic mass is 10.1. The van der Waals surface area contributed by atoms with Gasteiger partial charge in [0.25, 0.3) is 5.91 Å². The number of hydrogen-bond donors (Lipinski definition) is 1. The van der Waals surface area contributed by atoms with E-state index < -0.39 is 5.97 Å². The molecule has 0 fully saturated rings. The number of rotatable bonds is 7. The van der Waals surface area contributed by atoms with E-state index in [1.54, 1.807) is 25.3 Å². The smallest absolute Gasteiger partial charge is 0.338 e. The molecule has 0 aliphatic carbocycles. The predicted molar refractivity (Wildman–Crippen MR) is 91.2 cm³/mol. The molecule has 0 aliphatic heterocycles. The minimum atomic E-state index is -0.496. The van der Waals surface area contributed by atoms with E-state index in [0.717, 1.165) is 16.9 Å². The Morgan fingerprint density at radius 3 is 2.50 bits per heavy atom. The lowest BCUT2D eigenvalue weighted by Crippen LogP contribution is -2.30. The summed E-state index contributed by atoms with van der Waals surface area (Å²) in [4.78, 5) is 23.6. The second kappa shape index (κ2) is 8.72. The van der Waals surface area contributed by atoms with Crippen LogP contribution < -0.4 is 10.1 Å². The van der Waals surface area contributed by atoms with E-state index in [-0.39, 0.29) is 12.5 Å². The molecule has 0 radical (unpaired) electrons. The van der Waals surface area contributed by atoms with Gasteiger partial charge in [-0.1, -0.05) is 29.8 Å². The Balaban J connectivity index is 1.70. The molecular formula is C19H21NO4. The van der Waals surface area contributed by atoms with Crippen molar-refractivity contribution in [2.45, 2.75) is 13.3 Å². The minimum Gasteiger partial charge on any atom is -0.497 e. The van der Waals surface area contributed by atoms with Crippen LogP contribution in [0.15, 0.2) is 48.5 Å². The Morgan fingerprint density at radius 2 is 1.83 bits per heavy atom. The van der Waals surface area contributed by atoms with Gasteiger partial charge in [-0.3, -0.25) is 4.79 Å². The van der Waals surface area contributed by atoms with E-state index in [4.69, 9.17) is 9.47 Å². The van der Waals surface area contributed by atoms with E-state index in [1.807, 2.05) is 37.3 Å². The molecule has 0 unspecified atom stereocenters. The molecule has 0 heterocycles. The number of aryl methyl sites for hydroxylation is 1. The third-order valence-electron chi connectivity index (χ3n) is 3.48. The number of carbonyl (C=O) groups is 2. The number of ether oxygens (including phenoxy) is 2. The van der Waals surface area contributed by atoms with Crippen molar-refractivity contribution in [1.82, 2.24) is 5.32 Å². The van der Waals surface area contributed by atoms with Crippen LogP contribution in [0.3, 0.4) is 0 Å². The van der Waals surface area contributed by atoms with Crippen LogP contribution in [0.2, 0.25) is 0 Å². The second-order valence-electron chi connectivity index (χ2n) is 5.39. The first-order chi connectivity index (χ1) is 11.6. The normalized spacial score (nSPS) is 10.1. The van der Waals surface area contributed by atoms with Crippen LogP contribution in [0.1, 0.15) is 21.5 Å². The fourth-order valence-corrected chi connectivity index (χ4v) is 2.18. The summed E-state index contributed by atoms with van der Waals surface area (Å²) in [6.45, 7) is 2.09. The lowest BCUT2D eigenvalue weighted by molar-refractivity contribution is -0.124.